The Hall–Kier alpha value is -1.49. The molecule has 3 N–H and O–H groups in total. The highest BCUT2D eigenvalue weighted by Gasteiger charge is 2.38. The van der Waals surface area contributed by atoms with E-state index in [1.54, 1.807) is 0 Å². The summed E-state index contributed by atoms with van der Waals surface area (Å²) in [5, 5.41) is 2.94. The van der Waals surface area contributed by atoms with E-state index in [1.807, 2.05) is 0 Å². The molecule has 0 aliphatic heterocycles. The van der Waals surface area contributed by atoms with Crippen LogP contribution >= 0.6 is 0 Å². The van der Waals surface area contributed by atoms with Crippen molar-refractivity contribution in [3.63, 3.8) is 0 Å². The first-order chi connectivity index (χ1) is 9.98. The second kappa shape index (κ2) is 6.52. The van der Waals surface area contributed by atoms with Gasteiger partial charge in [0.2, 0.25) is 5.91 Å². The van der Waals surface area contributed by atoms with Crippen LogP contribution in [0.25, 0.3) is 0 Å². The molecule has 1 amide bonds. The van der Waals surface area contributed by atoms with Gasteiger partial charge in [0, 0.05) is 12.1 Å². The van der Waals surface area contributed by atoms with Crippen molar-refractivity contribution in [2.24, 2.45) is 11.7 Å². The van der Waals surface area contributed by atoms with Crippen molar-refractivity contribution < 1.29 is 13.6 Å². The first-order valence-electron chi connectivity index (χ1n) is 7.42. The third-order valence-electron chi connectivity index (χ3n) is 4.60. The molecule has 0 spiro atoms. The van der Waals surface area contributed by atoms with Crippen LogP contribution in [0.3, 0.4) is 0 Å². The van der Waals surface area contributed by atoms with E-state index in [2.05, 4.69) is 12.2 Å². The maximum absolute atomic E-state index is 13.6. The lowest BCUT2D eigenvalue weighted by Crippen LogP contribution is -2.59. The molecule has 0 heterocycles. The van der Waals surface area contributed by atoms with Crippen LogP contribution in [0, 0.1) is 17.6 Å². The van der Waals surface area contributed by atoms with Crippen LogP contribution in [-0.2, 0) is 11.2 Å². The minimum atomic E-state index is -0.691. The van der Waals surface area contributed by atoms with Crippen LogP contribution < -0.4 is 11.1 Å². The average Bonchev–Trinajstić information content (AvgIpc) is 2.46. The van der Waals surface area contributed by atoms with E-state index in [4.69, 9.17) is 5.73 Å². The van der Waals surface area contributed by atoms with Gasteiger partial charge in [0.15, 0.2) is 0 Å². The van der Waals surface area contributed by atoms with E-state index in [-0.39, 0.29) is 23.8 Å². The first-order valence-corrected chi connectivity index (χ1v) is 7.42. The number of nitrogens with one attached hydrogen (secondary N) is 1. The molecule has 0 aromatic heterocycles. The molecule has 2 rings (SSSR count). The van der Waals surface area contributed by atoms with Gasteiger partial charge in [-0.15, -0.1) is 0 Å². The number of nitrogens with two attached hydrogens (primary N) is 1. The molecule has 1 saturated carbocycles. The molecule has 2 atom stereocenters. The number of hydrogen-bond donors (Lipinski definition) is 2. The van der Waals surface area contributed by atoms with Gasteiger partial charge in [-0.1, -0.05) is 25.8 Å². The summed E-state index contributed by atoms with van der Waals surface area (Å²) in [7, 11) is 0. The average molecular weight is 296 g/mol. The fraction of sp³-hybridized carbons (Fsp3) is 0.562. The summed E-state index contributed by atoms with van der Waals surface area (Å²) >= 11 is 0. The molecule has 0 saturated heterocycles. The second-order valence-corrected chi connectivity index (χ2v) is 5.93. The first kappa shape index (κ1) is 15.9. The van der Waals surface area contributed by atoms with Crippen molar-refractivity contribution in [2.45, 2.75) is 44.6 Å². The summed E-state index contributed by atoms with van der Waals surface area (Å²) in [6.07, 6.45) is 3.66. The Balaban J connectivity index is 2.10. The monoisotopic (exact) mass is 296 g/mol. The maximum atomic E-state index is 13.6. The number of amides is 1. The van der Waals surface area contributed by atoms with Crippen LogP contribution in [0.1, 0.15) is 38.2 Å². The highest BCUT2D eigenvalue weighted by atomic mass is 19.1. The van der Waals surface area contributed by atoms with E-state index in [0.29, 0.717) is 6.54 Å². The van der Waals surface area contributed by atoms with Crippen molar-refractivity contribution in [3.8, 4) is 0 Å². The van der Waals surface area contributed by atoms with Gasteiger partial charge < -0.3 is 11.1 Å². The van der Waals surface area contributed by atoms with Crippen molar-refractivity contribution in [1.82, 2.24) is 5.32 Å². The lowest BCUT2D eigenvalue weighted by atomic mass is 9.73. The third kappa shape index (κ3) is 3.40. The van der Waals surface area contributed by atoms with Crippen molar-refractivity contribution in [2.75, 3.05) is 6.54 Å². The van der Waals surface area contributed by atoms with Crippen molar-refractivity contribution in [1.29, 1.82) is 0 Å². The molecule has 1 aliphatic rings. The number of halogens is 2. The van der Waals surface area contributed by atoms with Crippen molar-refractivity contribution in [3.05, 3.63) is 35.4 Å². The fourth-order valence-corrected chi connectivity index (χ4v) is 3.14. The van der Waals surface area contributed by atoms with Crippen LogP contribution in [0.2, 0.25) is 0 Å². The predicted molar refractivity (Wildman–Crippen MR) is 77.6 cm³/mol. The minimum absolute atomic E-state index is 0.189. The Morgan fingerprint density at radius 3 is 2.62 bits per heavy atom. The van der Waals surface area contributed by atoms with E-state index < -0.39 is 17.2 Å². The number of carbonyl (C=O) groups is 1. The smallest absolute Gasteiger partial charge is 0.225 e. The highest BCUT2D eigenvalue weighted by Crippen LogP contribution is 2.33. The summed E-state index contributed by atoms with van der Waals surface area (Å²) < 4.78 is 27.2. The normalized spacial score (nSPS) is 25.6. The van der Waals surface area contributed by atoms with E-state index >= 15 is 0 Å². The maximum Gasteiger partial charge on any atom is 0.225 e. The van der Waals surface area contributed by atoms with Gasteiger partial charge in [0.05, 0.1) is 12.0 Å². The lowest BCUT2D eigenvalue weighted by Gasteiger charge is -2.42. The lowest BCUT2D eigenvalue weighted by molar-refractivity contribution is -0.123. The summed E-state index contributed by atoms with van der Waals surface area (Å²) in [4.78, 5) is 12.2. The van der Waals surface area contributed by atoms with Gasteiger partial charge >= 0.3 is 0 Å². The largest absolute Gasteiger partial charge is 0.349 e. The fourth-order valence-electron chi connectivity index (χ4n) is 3.14. The van der Waals surface area contributed by atoms with E-state index in [0.717, 1.165) is 37.8 Å². The molecule has 21 heavy (non-hydrogen) atoms. The summed E-state index contributed by atoms with van der Waals surface area (Å²) in [6.45, 7) is 2.41. The molecule has 2 unspecified atom stereocenters. The van der Waals surface area contributed by atoms with Crippen molar-refractivity contribution >= 4 is 5.91 Å². The zero-order valence-electron chi connectivity index (χ0n) is 12.3. The molecule has 0 radical (unpaired) electrons. The van der Waals surface area contributed by atoms with Gasteiger partial charge in [0.25, 0.3) is 0 Å². The Labute approximate surface area is 123 Å². The molecular weight excluding hydrogens is 274 g/mol. The Bertz CT molecular complexity index is 501. The highest BCUT2D eigenvalue weighted by molar-refractivity contribution is 5.79. The molecule has 0 bridgehead atoms. The van der Waals surface area contributed by atoms with Gasteiger partial charge in [-0.25, -0.2) is 8.78 Å². The number of hydrogen-bond acceptors (Lipinski definition) is 2. The Morgan fingerprint density at radius 2 is 2.05 bits per heavy atom. The molecular formula is C16H22F2N2O. The molecule has 1 aliphatic carbocycles. The topological polar surface area (TPSA) is 55.1 Å². The second-order valence-electron chi connectivity index (χ2n) is 5.93. The van der Waals surface area contributed by atoms with Crippen LogP contribution in [0.4, 0.5) is 8.78 Å². The van der Waals surface area contributed by atoms with E-state index in [9.17, 15) is 13.6 Å². The number of rotatable bonds is 4. The SMILES string of the molecule is CC1CCCCC1(CN)NC(=O)Cc1c(F)cccc1F. The van der Waals surface area contributed by atoms with Gasteiger partial charge in [0.1, 0.15) is 11.6 Å². The zero-order valence-corrected chi connectivity index (χ0v) is 12.3. The number of carbonyl (C=O) groups excluding carboxylic acids is 1. The Kier molecular flexibility index (Phi) is 4.93. The van der Waals surface area contributed by atoms with Crippen LogP contribution in [-0.4, -0.2) is 18.0 Å². The summed E-state index contributed by atoms with van der Waals surface area (Å²) in [5.74, 6) is -1.49. The van der Waals surface area contributed by atoms with Gasteiger partial charge in [-0.3, -0.25) is 4.79 Å². The summed E-state index contributed by atoms with van der Waals surface area (Å²) in [6, 6.07) is 3.61. The molecule has 1 aromatic carbocycles. The van der Waals surface area contributed by atoms with Crippen LogP contribution in [0.5, 0.6) is 0 Å². The number of benzene rings is 1. The Morgan fingerprint density at radius 1 is 1.38 bits per heavy atom. The minimum Gasteiger partial charge on any atom is -0.349 e. The van der Waals surface area contributed by atoms with Gasteiger partial charge in [-0.05, 0) is 30.9 Å². The van der Waals surface area contributed by atoms with E-state index in [1.165, 1.54) is 6.07 Å². The third-order valence-corrected chi connectivity index (χ3v) is 4.60. The zero-order chi connectivity index (χ0) is 15.5. The predicted octanol–water partition coefficient (Wildman–Crippen LogP) is 2.53. The van der Waals surface area contributed by atoms with Gasteiger partial charge in [-0.2, -0.15) is 0 Å². The molecule has 1 aromatic rings. The molecule has 1 fully saturated rings. The molecule has 5 heteroatoms. The quantitative estimate of drug-likeness (QED) is 0.897. The summed E-state index contributed by atoms with van der Waals surface area (Å²) in [5.41, 5.74) is 5.23. The molecule has 3 nitrogen and oxygen atoms in total. The molecule has 116 valence electrons. The van der Waals surface area contributed by atoms with Crippen LogP contribution in [0.15, 0.2) is 18.2 Å². The standard InChI is InChI=1S/C16H22F2N2O/c1-11-5-2-3-8-16(11,10-19)20-15(21)9-12-13(17)6-4-7-14(12)18/h4,6-7,11H,2-3,5,8-10,19H2,1H3,(H,20,21).